The highest BCUT2D eigenvalue weighted by Crippen LogP contribution is 2.43. The molecule has 4 nitrogen and oxygen atoms in total. The minimum Gasteiger partial charge on any atom is -0.508 e. The quantitative estimate of drug-likeness (QED) is 0.748. The van der Waals surface area contributed by atoms with Crippen molar-refractivity contribution >= 4 is 5.91 Å². The average molecular weight is 333 g/mol. The van der Waals surface area contributed by atoms with Crippen LogP contribution < -0.4 is 5.73 Å². The number of hydrogen-bond acceptors (Lipinski definition) is 3. The third kappa shape index (κ3) is 3.96. The second-order valence-electron chi connectivity index (χ2n) is 6.38. The Labute approximate surface area is 133 Å². The number of amides is 1. The number of aliphatic hydroxyl groups is 1. The highest BCUT2D eigenvalue weighted by molar-refractivity contribution is 5.84. The molecular weight excluding hydrogens is 311 g/mol. The fourth-order valence-electron chi connectivity index (χ4n) is 2.63. The fraction of sp³-hybridized carbons (Fsp3) is 0.562. The molecule has 0 aliphatic heterocycles. The van der Waals surface area contributed by atoms with Crippen molar-refractivity contribution in [3.8, 4) is 5.75 Å². The van der Waals surface area contributed by atoms with Gasteiger partial charge in [-0.25, -0.2) is 0 Å². The third-order valence-corrected chi connectivity index (χ3v) is 3.90. The Morgan fingerprint density at radius 2 is 1.83 bits per heavy atom. The Morgan fingerprint density at radius 3 is 2.26 bits per heavy atom. The fourth-order valence-corrected chi connectivity index (χ4v) is 2.63. The van der Waals surface area contributed by atoms with E-state index in [4.69, 9.17) is 5.73 Å². The van der Waals surface area contributed by atoms with Gasteiger partial charge in [0, 0.05) is 6.42 Å². The lowest BCUT2D eigenvalue weighted by atomic mass is 9.73. The highest BCUT2D eigenvalue weighted by Gasteiger charge is 2.60. The van der Waals surface area contributed by atoms with Crippen LogP contribution in [0, 0.1) is 0 Å². The molecular formula is C16H22F3NO3. The molecule has 0 saturated heterocycles. The van der Waals surface area contributed by atoms with Crippen LogP contribution in [0.5, 0.6) is 5.75 Å². The van der Waals surface area contributed by atoms with E-state index in [9.17, 15) is 28.2 Å². The average Bonchev–Trinajstić information content (AvgIpc) is 2.39. The van der Waals surface area contributed by atoms with Gasteiger partial charge < -0.3 is 15.9 Å². The van der Waals surface area contributed by atoms with Crippen LogP contribution in [0.1, 0.15) is 44.7 Å². The van der Waals surface area contributed by atoms with Gasteiger partial charge in [0.15, 0.2) is 0 Å². The number of aryl methyl sites for hydroxylation is 1. The molecule has 0 aliphatic rings. The summed E-state index contributed by atoms with van der Waals surface area (Å²) in [6.45, 7) is 4.78. The Kier molecular flexibility index (Phi) is 5.36. The maximum absolute atomic E-state index is 13.1. The SMILES string of the molecule is CCCc1ccc(O)c(C(C)(C)CC(O)(C(N)=O)C(F)(F)F)c1. The van der Waals surface area contributed by atoms with Crippen molar-refractivity contribution in [2.45, 2.75) is 57.2 Å². The molecule has 1 unspecified atom stereocenters. The van der Waals surface area contributed by atoms with Crippen molar-refractivity contribution in [3.63, 3.8) is 0 Å². The topological polar surface area (TPSA) is 83.6 Å². The van der Waals surface area contributed by atoms with E-state index in [0.717, 1.165) is 12.0 Å². The molecule has 1 aromatic carbocycles. The Hall–Kier alpha value is -1.76. The normalized spacial score (nSPS) is 15.3. The maximum Gasteiger partial charge on any atom is 0.426 e. The molecule has 0 saturated carbocycles. The Bertz CT molecular complexity index is 584. The van der Waals surface area contributed by atoms with Gasteiger partial charge in [0.2, 0.25) is 5.60 Å². The van der Waals surface area contributed by atoms with Crippen LogP contribution in [-0.2, 0) is 16.6 Å². The van der Waals surface area contributed by atoms with Crippen LogP contribution in [-0.4, -0.2) is 27.9 Å². The summed E-state index contributed by atoms with van der Waals surface area (Å²) in [5.41, 5.74) is 0.876. The monoisotopic (exact) mass is 333 g/mol. The van der Waals surface area contributed by atoms with Gasteiger partial charge >= 0.3 is 6.18 Å². The maximum atomic E-state index is 13.1. The van der Waals surface area contributed by atoms with Gasteiger partial charge in [0.1, 0.15) is 5.75 Å². The summed E-state index contributed by atoms with van der Waals surface area (Å²) >= 11 is 0. The molecule has 130 valence electrons. The first-order chi connectivity index (χ1) is 10.3. The van der Waals surface area contributed by atoms with E-state index >= 15 is 0 Å². The zero-order valence-electron chi connectivity index (χ0n) is 13.4. The van der Waals surface area contributed by atoms with Crippen LogP contribution in [0.25, 0.3) is 0 Å². The summed E-state index contributed by atoms with van der Waals surface area (Å²) in [6.07, 6.45) is -4.66. The molecule has 1 amide bonds. The predicted molar refractivity (Wildman–Crippen MR) is 79.9 cm³/mol. The molecule has 0 aliphatic carbocycles. The van der Waals surface area contributed by atoms with Crippen molar-refractivity contribution in [2.75, 3.05) is 0 Å². The number of alkyl halides is 3. The number of phenolic OH excluding ortho intramolecular Hbond substituents is 1. The van der Waals surface area contributed by atoms with Crippen molar-refractivity contribution in [2.24, 2.45) is 5.73 Å². The number of aromatic hydroxyl groups is 1. The highest BCUT2D eigenvalue weighted by atomic mass is 19.4. The summed E-state index contributed by atoms with van der Waals surface area (Å²) in [5.74, 6) is -2.05. The Balaban J connectivity index is 3.30. The number of nitrogens with two attached hydrogens (primary N) is 1. The lowest BCUT2D eigenvalue weighted by molar-refractivity contribution is -0.255. The van der Waals surface area contributed by atoms with E-state index < -0.39 is 29.5 Å². The lowest BCUT2D eigenvalue weighted by Gasteiger charge is -2.36. The van der Waals surface area contributed by atoms with E-state index in [0.29, 0.717) is 6.42 Å². The van der Waals surface area contributed by atoms with Crippen molar-refractivity contribution in [3.05, 3.63) is 29.3 Å². The Morgan fingerprint density at radius 1 is 1.26 bits per heavy atom. The molecule has 0 aromatic heterocycles. The number of carbonyl (C=O) groups excluding carboxylic acids is 1. The molecule has 1 rings (SSSR count). The largest absolute Gasteiger partial charge is 0.508 e. The van der Waals surface area contributed by atoms with Crippen LogP contribution in [0.2, 0.25) is 0 Å². The summed E-state index contributed by atoms with van der Waals surface area (Å²) in [4.78, 5) is 11.2. The number of hydrogen-bond donors (Lipinski definition) is 3. The van der Waals surface area contributed by atoms with E-state index in [-0.39, 0.29) is 11.3 Å². The van der Waals surface area contributed by atoms with Gasteiger partial charge in [-0.05, 0) is 29.0 Å². The zero-order valence-corrected chi connectivity index (χ0v) is 13.4. The number of phenols is 1. The zero-order chi connectivity index (χ0) is 18.1. The molecule has 4 N–H and O–H groups in total. The van der Waals surface area contributed by atoms with Gasteiger partial charge in [-0.3, -0.25) is 4.79 Å². The van der Waals surface area contributed by atoms with Gasteiger partial charge in [-0.1, -0.05) is 39.3 Å². The lowest BCUT2D eigenvalue weighted by Crippen LogP contribution is -2.58. The van der Waals surface area contributed by atoms with Crippen LogP contribution >= 0.6 is 0 Å². The predicted octanol–water partition coefficient (Wildman–Crippen LogP) is 2.79. The molecule has 0 spiro atoms. The first kappa shape index (κ1) is 19.3. The molecule has 0 bridgehead atoms. The van der Waals surface area contributed by atoms with E-state index in [1.165, 1.54) is 19.9 Å². The first-order valence-corrected chi connectivity index (χ1v) is 7.26. The first-order valence-electron chi connectivity index (χ1n) is 7.26. The van der Waals surface area contributed by atoms with Gasteiger partial charge in [-0.2, -0.15) is 13.2 Å². The summed E-state index contributed by atoms with van der Waals surface area (Å²) < 4.78 is 39.3. The number of primary amides is 1. The summed E-state index contributed by atoms with van der Waals surface area (Å²) in [7, 11) is 0. The molecule has 1 atom stereocenters. The summed E-state index contributed by atoms with van der Waals surface area (Å²) in [6, 6.07) is 4.68. The van der Waals surface area contributed by atoms with E-state index in [1.54, 1.807) is 12.1 Å². The molecule has 1 aromatic rings. The minimum atomic E-state index is -5.20. The van der Waals surface area contributed by atoms with E-state index in [2.05, 4.69) is 0 Å². The second-order valence-corrected chi connectivity index (χ2v) is 6.38. The molecule has 23 heavy (non-hydrogen) atoms. The van der Waals surface area contributed by atoms with Gasteiger partial charge in [0.05, 0.1) is 0 Å². The number of halogens is 3. The van der Waals surface area contributed by atoms with Gasteiger partial charge in [0.25, 0.3) is 5.91 Å². The molecule has 0 radical (unpaired) electrons. The number of rotatable bonds is 6. The number of benzene rings is 1. The van der Waals surface area contributed by atoms with Crippen molar-refractivity contribution < 1.29 is 28.2 Å². The van der Waals surface area contributed by atoms with Crippen molar-refractivity contribution in [1.29, 1.82) is 0 Å². The van der Waals surface area contributed by atoms with Crippen LogP contribution in [0.4, 0.5) is 13.2 Å². The molecule has 7 heteroatoms. The third-order valence-electron chi connectivity index (χ3n) is 3.90. The van der Waals surface area contributed by atoms with Crippen molar-refractivity contribution in [1.82, 2.24) is 0 Å². The summed E-state index contributed by atoms with van der Waals surface area (Å²) in [5, 5.41) is 19.8. The van der Waals surface area contributed by atoms with Crippen LogP contribution in [0.15, 0.2) is 18.2 Å². The second kappa shape index (κ2) is 6.39. The van der Waals surface area contributed by atoms with Crippen LogP contribution in [0.3, 0.4) is 0 Å². The smallest absolute Gasteiger partial charge is 0.426 e. The molecule has 0 fully saturated rings. The molecule has 0 heterocycles. The van der Waals surface area contributed by atoms with E-state index in [1.807, 2.05) is 6.92 Å². The minimum absolute atomic E-state index is 0.191. The standard InChI is InChI=1S/C16H22F3NO3/c1-4-5-10-6-7-12(21)11(8-10)14(2,3)9-15(23,13(20)22)16(17,18)19/h6-8,21,23H,4-5,9H2,1-3H3,(H2,20,22). The number of carbonyl (C=O) groups is 1. The van der Waals surface area contributed by atoms with Gasteiger partial charge in [-0.15, -0.1) is 0 Å².